The van der Waals surface area contributed by atoms with E-state index in [2.05, 4.69) is 16.3 Å². The van der Waals surface area contributed by atoms with Gasteiger partial charge in [-0.25, -0.2) is 0 Å². The fourth-order valence-electron chi connectivity index (χ4n) is 2.06. The third kappa shape index (κ3) is 4.57. The first-order valence-electron chi connectivity index (χ1n) is 7.38. The highest BCUT2D eigenvalue weighted by Crippen LogP contribution is 2.21. The number of carbonyl (C=O) groups excluding carboxylic acids is 1. The van der Waals surface area contributed by atoms with E-state index in [9.17, 15) is 4.79 Å². The van der Waals surface area contributed by atoms with Crippen molar-refractivity contribution in [2.75, 3.05) is 17.2 Å². The van der Waals surface area contributed by atoms with Crippen molar-refractivity contribution in [1.82, 2.24) is 14.8 Å². The monoisotopic (exact) mass is 329 g/mol. The van der Waals surface area contributed by atoms with Gasteiger partial charge in [0.15, 0.2) is 5.16 Å². The van der Waals surface area contributed by atoms with Gasteiger partial charge in [-0.3, -0.25) is 4.79 Å². The number of nitriles is 1. The van der Waals surface area contributed by atoms with E-state index >= 15 is 0 Å². The number of benzene rings is 1. The number of hydrogen-bond donors (Lipinski definition) is 0. The summed E-state index contributed by atoms with van der Waals surface area (Å²) in [5.74, 6) is 0.209. The molecule has 0 spiro atoms. The average Bonchev–Trinajstić information content (AvgIpc) is 3.03. The molecule has 0 saturated carbocycles. The molecule has 0 N–H and O–H groups in total. The lowest BCUT2D eigenvalue weighted by Gasteiger charge is -2.21. The van der Waals surface area contributed by atoms with Gasteiger partial charge in [-0.1, -0.05) is 30.0 Å². The SMILES string of the molecule is CC(C)n1cnnc1SCC(=O)N(CCC#N)c1ccccc1. The number of hydrogen-bond acceptors (Lipinski definition) is 5. The van der Waals surface area contributed by atoms with E-state index in [1.165, 1.54) is 11.8 Å². The van der Waals surface area contributed by atoms with Gasteiger partial charge in [0.25, 0.3) is 0 Å². The van der Waals surface area contributed by atoms with Crippen molar-refractivity contribution in [1.29, 1.82) is 5.26 Å². The van der Waals surface area contributed by atoms with Crippen molar-refractivity contribution in [2.24, 2.45) is 0 Å². The minimum Gasteiger partial charge on any atom is -0.311 e. The van der Waals surface area contributed by atoms with Crippen LogP contribution in [0.25, 0.3) is 0 Å². The Morgan fingerprint density at radius 2 is 2.13 bits per heavy atom. The highest BCUT2D eigenvalue weighted by atomic mass is 32.2. The maximum absolute atomic E-state index is 12.6. The minimum atomic E-state index is -0.0465. The van der Waals surface area contributed by atoms with Gasteiger partial charge in [-0.05, 0) is 26.0 Å². The van der Waals surface area contributed by atoms with E-state index in [0.29, 0.717) is 13.0 Å². The summed E-state index contributed by atoms with van der Waals surface area (Å²) in [5.41, 5.74) is 0.804. The second-order valence-corrected chi connectivity index (χ2v) is 6.13. The van der Waals surface area contributed by atoms with Crippen LogP contribution < -0.4 is 4.90 Å². The van der Waals surface area contributed by atoms with E-state index in [1.807, 2.05) is 48.7 Å². The Morgan fingerprint density at radius 1 is 1.39 bits per heavy atom. The van der Waals surface area contributed by atoms with Gasteiger partial charge in [-0.2, -0.15) is 5.26 Å². The maximum atomic E-state index is 12.6. The highest BCUT2D eigenvalue weighted by molar-refractivity contribution is 7.99. The quantitative estimate of drug-likeness (QED) is 0.730. The number of carbonyl (C=O) groups is 1. The normalized spacial score (nSPS) is 10.5. The van der Waals surface area contributed by atoms with Crippen LogP contribution in [0.4, 0.5) is 5.69 Å². The summed E-state index contributed by atoms with van der Waals surface area (Å²) in [6.45, 7) is 4.47. The molecule has 1 aromatic carbocycles. The number of para-hydroxylation sites is 1. The lowest BCUT2D eigenvalue weighted by atomic mass is 10.2. The molecule has 1 aromatic heterocycles. The summed E-state index contributed by atoms with van der Waals surface area (Å²) in [6, 6.07) is 11.7. The van der Waals surface area contributed by atoms with Gasteiger partial charge in [0, 0.05) is 18.3 Å². The molecule has 0 bridgehead atoms. The highest BCUT2D eigenvalue weighted by Gasteiger charge is 2.17. The second kappa shape index (κ2) is 8.34. The predicted molar refractivity (Wildman–Crippen MR) is 90.2 cm³/mol. The molecule has 7 heteroatoms. The number of aromatic nitrogens is 3. The molecule has 0 saturated heterocycles. The number of anilines is 1. The zero-order valence-electron chi connectivity index (χ0n) is 13.2. The largest absolute Gasteiger partial charge is 0.311 e. The van der Waals surface area contributed by atoms with Crippen LogP contribution in [-0.2, 0) is 4.79 Å². The molecule has 2 aromatic rings. The topological polar surface area (TPSA) is 74.8 Å². The van der Waals surface area contributed by atoms with Crippen LogP contribution in [0.1, 0.15) is 26.3 Å². The predicted octanol–water partition coefficient (Wildman–Crippen LogP) is 2.90. The fourth-order valence-corrected chi connectivity index (χ4v) is 2.98. The van der Waals surface area contributed by atoms with E-state index in [0.717, 1.165) is 10.8 Å². The number of rotatable bonds is 7. The van der Waals surface area contributed by atoms with Gasteiger partial charge in [0.2, 0.25) is 5.91 Å². The van der Waals surface area contributed by atoms with Crippen LogP contribution in [0.3, 0.4) is 0 Å². The van der Waals surface area contributed by atoms with Gasteiger partial charge in [-0.15, -0.1) is 10.2 Å². The molecule has 0 radical (unpaired) electrons. The molecular weight excluding hydrogens is 310 g/mol. The van der Waals surface area contributed by atoms with Gasteiger partial charge in [0.1, 0.15) is 6.33 Å². The number of amides is 1. The van der Waals surface area contributed by atoms with Crippen LogP contribution in [-0.4, -0.2) is 33.0 Å². The van der Waals surface area contributed by atoms with E-state index in [1.54, 1.807) is 11.2 Å². The lowest BCUT2D eigenvalue weighted by molar-refractivity contribution is -0.116. The average molecular weight is 329 g/mol. The smallest absolute Gasteiger partial charge is 0.237 e. The minimum absolute atomic E-state index is 0.0465. The summed E-state index contributed by atoms with van der Waals surface area (Å²) < 4.78 is 1.93. The van der Waals surface area contributed by atoms with Crippen LogP contribution in [0.2, 0.25) is 0 Å². The Balaban J connectivity index is 2.06. The molecule has 120 valence electrons. The van der Waals surface area contributed by atoms with Crippen molar-refractivity contribution in [3.05, 3.63) is 36.7 Å². The molecule has 1 heterocycles. The van der Waals surface area contributed by atoms with Gasteiger partial charge in [0.05, 0.1) is 18.2 Å². The zero-order chi connectivity index (χ0) is 16.7. The maximum Gasteiger partial charge on any atom is 0.237 e. The molecule has 0 aliphatic carbocycles. The molecule has 1 amide bonds. The van der Waals surface area contributed by atoms with Crippen LogP contribution >= 0.6 is 11.8 Å². The van der Waals surface area contributed by atoms with Crippen molar-refractivity contribution in [2.45, 2.75) is 31.5 Å². The molecule has 2 rings (SSSR count). The summed E-state index contributed by atoms with van der Waals surface area (Å²) in [5, 5.41) is 17.5. The molecule has 0 aliphatic rings. The third-order valence-electron chi connectivity index (χ3n) is 3.24. The molecule has 0 atom stereocenters. The molecule has 0 unspecified atom stereocenters. The van der Waals surface area contributed by atoms with Crippen LogP contribution in [0.5, 0.6) is 0 Å². The molecule has 0 aliphatic heterocycles. The van der Waals surface area contributed by atoms with Gasteiger partial charge < -0.3 is 9.47 Å². The van der Waals surface area contributed by atoms with Crippen LogP contribution in [0, 0.1) is 11.3 Å². The van der Waals surface area contributed by atoms with E-state index in [4.69, 9.17) is 5.26 Å². The Bertz CT molecular complexity index is 677. The first-order valence-corrected chi connectivity index (χ1v) is 8.36. The molecular formula is C16H19N5OS. The van der Waals surface area contributed by atoms with Crippen LogP contribution in [0.15, 0.2) is 41.8 Å². The second-order valence-electron chi connectivity index (χ2n) is 5.19. The van der Waals surface area contributed by atoms with Crippen molar-refractivity contribution < 1.29 is 4.79 Å². The molecule has 23 heavy (non-hydrogen) atoms. The fraction of sp³-hybridized carbons (Fsp3) is 0.375. The first-order chi connectivity index (χ1) is 11.1. The Labute approximate surface area is 140 Å². The molecule has 0 fully saturated rings. The third-order valence-corrected chi connectivity index (χ3v) is 4.18. The van der Waals surface area contributed by atoms with Gasteiger partial charge >= 0.3 is 0 Å². The summed E-state index contributed by atoms with van der Waals surface area (Å²) in [4.78, 5) is 14.2. The number of nitrogens with zero attached hydrogens (tertiary/aromatic N) is 5. The van der Waals surface area contributed by atoms with E-state index < -0.39 is 0 Å². The summed E-state index contributed by atoms with van der Waals surface area (Å²) in [7, 11) is 0. The zero-order valence-corrected chi connectivity index (χ0v) is 14.0. The first kappa shape index (κ1) is 17.0. The number of thioether (sulfide) groups is 1. The lowest BCUT2D eigenvalue weighted by Crippen LogP contribution is -2.33. The Morgan fingerprint density at radius 3 is 2.78 bits per heavy atom. The Hall–Kier alpha value is -2.33. The van der Waals surface area contributed by atoms with Crippen molar-refractivity contribution in [3.63, 3.8) is 0 Å². The Kier molecular flexibility index (Phi) is 6.18. The molecule has 6 nitrogen and oxygen atoms in total. The standard InChI is InChI=1S/C16H19N5OS/c1-13(2)21-12-18-19-16(21)23-11-15(22)20(10-6-9-17)14-7-4-3-5-8-14/h3-5,7-8,12-13H,6,10-11H2,1-2H3. The van der Waals surface area contributed by atoms with E-state index in [-0.39, 0.29) is 17.7 Å². The summed E-state index contributed by atoms with van der Waals surface area (Å²) in [6.07, 6.45) is 1.97. The van der Waals surface area contributed by atoms with Crippen molar-refractivity contribution >= 4 is 23.4 Å². The summed E-state index contributed by atoms with van der Waals surface area (Å²) >= 11 is 1.36. The van der Waals surface area contributed by atoms with Crippen molar-refractivity contribution in [3.8, 4) is 6.07 Å².